The molecular weight excluding hydrogens is 252 g/mol. The van der Waals surface area contributed by atoms with E-state index in [2.05, 4.69) is 18.4 Å². The fourth-order valence-electron chi connectivity index (χ4n) is 2.41. The predicted molar refractivity (Wildman–Crippen MR) is 76.4 cm³/mol. The predicted octanol–water partition coefficient (Wildman–Crippen LogP) is 3.00. The molecule has 0 spiro atoms. The third-order valence-corrected chi connectivity index (χ3v) is 5.58. The van der Waals surface area contributed by atoms with E-state index in [4.69, 9.17) is 17.4 Å². The smallest absolute Gasteiger partial charge is 0.0438 e. The summed E-state index contributed by atoms with van der Waals surface area (Å²) in [5.41, 5.74) is 4.15. The van der Waals surface area contributed by atoms with E-state index in [-0.39, 0.29) is 10.8 Å². The molecule has 2 unspecified atom stereocenters. The number of rotatable bonds is 4. The van der Waals surface area contributed by atoms with Crippen LogP contribution in [-0.4, -0.2) is 16.5 Å². The SMILES string of the molecule is CC1(C(Cc2ccccc2Cl)NN)CCCS1. The molecule has 0 bridgehead atoms. The highest BCUT2D eigenvalue weighted by molar-refractivity contribution is 8.00. The molecule has 1 aromatic carbocycles. The van der Waals surface area contributed by atoms with Gasteiger partial charge in [-0.15, -0.1) is 0 Å². The van der Waals surface area contributed by atoms with Crippen LogP contribution in [0.25, 0.3) is 0 Å². The fourth-order valence-corrected chi connectivity index (χ4v) is 4.02. The lowest BCUT2D eigenvalue weighted by Gasteiger charge is -2.33. The minimum Gasteiger partial charge on any atom is -0.271 e. The Labute approximate surface area is 112 Å². The van der Waals surface area contributed by atoms with Gasteiger partial charge in [-0.25, -0.2) is 0 Å². The van der Waals surface area contributed by atoms with Gasteiger partial charge in [0.1, 0.15) is 0 Å². The van der Waals surface area contributed by atoms with Gasteiger partial charge in [0.05, 0.1) is 0 Å². The van der Waals surface area contributed by atoms with Crippen LogP contribution >= 0.6 is 23.4 Å². The summed E-state index contributed by atoms with van der Waals surface area (Å²) in [6.07, 6.45) is 3.39. The van der Waals surface area contributed by atoms with Crippen LogP contribution in [0.2, 0.25) is 5.02 Å². The molecule has 0 radical (unpaired) electrons. The van der Waals surface area contributed by atoms with Gasteiger partial charge in [0, 0.05) is 15.8 Å². The molecule has 94 valence electrons. The van der Waals surface area contributed by atoms with E-state index in [1.54, 1.807) is 0 Å². The van der Waals surface area contributed by atoms with Crippen LogP contribution in [0.4, 0.5) is 0 Å². The minimum absolute atomic E-state index is 0.230. The van der Waals surface area contributed by atoms with Gasteiger partial charge in [0.2, 0.25) is 0 Å². The molecule has 1 aromatic rings. The standard InChI is InChI=1S/C13H19ClN2S/c1-13(7-4-8-17-13)12(16-15)9-10-5-2-3-6-11(10)14/h2-3,5-6,12,16H,4,7-9,15H2,1H3. The second-order valence-corrected chi connectivity index (χ2v) is 6.82. The van der Waals surface area contributed by atoms with Crippen LogP contribution in [0.5, 0.6) is 0 Å². The van der Waals surface area contributed by atoms with E-state index >= 15 is 0 Å². The maximum absolute atomic E-state index is 6.20. The van der Waals surface area contributed by atoms with Gasteiger partial charge >= 0.3 is 0 Å². The average molecular weight is 271 g/mol. The first-order chi connectivity index (χ1) is 8.15. The number of thioether (sulfide) groups is 1. The van der Waals surface area contributed by atoms with Crippen molar-refractivity contribution in [3.05, 3.63) is 34.9 Å². The molecule has 1 saturated heterocycles. The number of nitrogens with one attached hydrogen (secondary N) is 1. The lowest BCUT2D eigenvalue weighted by Crippen LogP contribution is -2.50. The fraction of sp³-hybridized carbons (Fsp3) is 0.538. The van der Waals surface area contributed by atoms with E-state index in [1.165, 1.54) is 24.2 Å². The molecule has 2 rings (SSSR count). The largest absolute Gasteiger partial charge is 0.271 e. The normalized spacial score (nSPS) is 26.1. The topological polar surface area (TPSA) is 38.0 Å². The van der Waals surface area contributed by atoms with Gasteiger partial charge in [0.25, 0.3) is 0 Å². The first kappa shape index (κ1) is 13.2. The van der Waals surface area contributed by atoms with E-state index in [0.717, 1.165) is 11.4 Å². The Balaban J connectivity index is 2.12. The number of halogens is 1. The monoisotopic (exact) mass is 270 g/mol. The van der Waals surface area contributed by atoms with E-state index in [1.807, 2.05) is 30.0 Å². The molecule has 2 atom stereocenters. The number of benzene rings is 1. The highest BCUT2D eigenvalue weighted by Crippen LogP contribution is 2.41. The van der Waals surface area contributed by atoms with E-state index in [0.29, 0.717) is 0 Å². The molecule has 17 heavy (non-hydrogen) atoms. The summed E-state index contributed by atoms with van der Waals surface area (Å²) in [6.45, 7) is 2.30. The van der Waals surface area contributed by atoms with Gasteiger partial charge in [-0.3, -0.25) is 11.3 Å². The van der Waals surface area contributed by atoms with Gasteiger partial charge in [-0.1, -0.05) is 29.8 Å². The maximum Gasteiger partial charge on any atom is 0.0438 e. The number of nitrogens with two attached hydrogens (primary N) is 1. The third kappa shape index (κ3) is 2.97. The summed E-state index contributed by atoms with van der Waals surface area (Å²) in [4.78, 5) is 0. The number of hydrogen-bond donors (Lipinski definition) is 2. The molecule has 0 amide bonds. The Morgan fingerprint density at radius 2 is 2.29 bits per heavy atom. The molecule has 1 heterocycles. The Morgan fingerprint density at radius 1 is 1.53 bits per heavy atom. The molecule has 4 heteroatoms. The molecule has 1 aliphatic rings. The summed E-state index contributed by atoms with van der Waals surface area (Å²) in [6, 6.07) is 8.28. The van der Waals surface area contributed by atoms with Crippen molar-refractivity contribution >= 4 is 23.4 Å². The molecule has 1 fully saturated rings. The van der Waals surface area contributed by atoms with Crippen molar-refractivity contribution < 1.29 is 0 Å². The third-order valence-electron chi connectivity index (χ3n) is 3.57. The van der Waals surface area contributed by atoms with Gasteiger partial charge in [0.15, 0.2) is 0 Å². The van der Waals surface area contributed by atoms with E-state index in [9.17, 15) is 0 Å². The van der Waals surface area contributed by atoms with Gasteiger partial charge < -0.3 is 0 Å². The van der Waals surface area contributed by atoms with Crippen molar-refractivity contribution in [2.24, 2.45) is 5.84 Å². The summed E-state index contributed by atoms with van der Waals surface area (Å²) in [5, 5.41) is 0.833. The molecule has 2 nitrogen and oxygen atoms in total. The Morgan fingerprint density at radius 3 is 2.88 bits per heavy atom. The van der Waals surface area contributed by atoms with Crippen molar-refractivity contribution in [1.82, 2.24) is 5.43 Å². The van der Waals surface area contributed by atoms with Crippen LogP contribution in [-0.2, 0) is 6.42 Å². The molecular formula is C13H19ClN2S. The van der Waals surface area contributed by atoms with Crippen LogP contribution < -0.4 is 11.3 Å². The van der Waals surface area contributed by atoms with Crippen molar-refractivity contribution in [3.63, 3.8) is 0 Å². The molecule has 3 N–H and O–H groups in total. The second kappa shape index (κ2) is 5.61. The number of hydrogen-bond acceptors (Lipinski definition) is 3. The van der Waals surface area contributed by atoms with Crippen LogP contribution in [0.15, 0.2) is 24.3 Å². The summed E-state index contributed by atoms with van der Waals surface area (Å²) in [5.74, 6) is 6.96. The summed E-state index contributed by atoms with van der Waals surface area (Å²) < 4.78 is 0.230. The van der Waals surface area contributed by atoms with Gasteiger partial charge in [-0.05, 0) is 43.6 Å². The zero-order valence-corrected chi connectivity index (χ0v) is 11.7. The minimum atomic E-state index is 0.230. The first-order valence-corrected chi connectivity index (χ1v) is 7.35. The number of hydrazine groups is 1. The van der Waals surface area contributed by atoms with E-state index < -0.39 is 0 Å². The first-order valence-electron chi connectivity index (χ1n) is 5.99. The maximum atomic E-state index is 6.20. The average Bonchev–Trinajstić information content (AvgIpc) is 2.76. The van der Waals surface area contributed by atoms with Crippen molar-refractivity contribution in [2.45, 2.75) is 37.0 Å². The Kier molecular flexibility index (Phi) is 4.36. The zero-order valence-electron chi connectivity index (χ0n) is 10.1. The lowest BCUT2D eigenvalue weighted by molar-refractivity contribution is 0.405. The zero-order chi connectivity index (χ0) is 12.3. The molecule has 1 aliphatic heterocycles. The van der Waals surface area contributed by atoms with Crippen LogP contribution in [0.1, 0.15) is 25.3 Å². The Bertz CT molecular complexity index is 377. The van der Waals surface area contributed by atoms with Gasteiger partial charge in [-0.2, -0.15) is 11.8 Å². The Hall–Kier alpha value is -0.220. The highest BCUT2D eigenvalue weighted by atomic mass is 35.5. The van der Waals surface area contributed by atoms with Crippen LogP contribution in [0, 0.1) is 0 Å². The quantitative estimate of drug-likeness (QED) is 0.653. The van der Waals surface area contributed by atoms with Crippen molar-refractivity contribution in [2.75, 3.05) is 5.75 Å². The van der Waals surface area contributed by atoms with Crippen molar-refractivity contribution in [3.8, 4) is 0 Å². The highest BCUT2D eigenvalue weighted by Gasteiger charge is 2.37. The molecule has 0 aromatic heterocycles. The molecule has 0 saturated carbocycles. The molecule has 0 aliphatic carbocycles. The second-order valence-electron chi connectivity index (χ2n) is 4.78. The van der Waals surface area contributed by atoms with Crippen molar-refractivity contribution in [1.29, 1.82) is 0 Å². The van der Waals surface area contributed by atoms with Crippen LogP contribution in [0.3, 0.4) is 0 Å². The summed E-state index contributed by atoms with van der Waals surface area (Å²) >= 11 is 8.22. The lowest BCUT2D eigenvalue weighted by atomic mass is 9.91. The summed E-state index contributed by atoms with van der Waals surface area (Å²) in [7, 11) is 0.